The van der Waals surface area contributed by atoms with Gasteiger partial charge in [-0.25, -0.2) is 0 Å². The molecule has 0 spiro atoms. The van der Waals surface area contributed by atoms with Crippen LogP contribution in [0.1, 0.15) is 0 Å². The summed E-state index contributed by atoms with van der Waals surface area (Å²) in [6.07, 6.45) is -18.7. The molecular formula is C18H32O16. The van der Waals surface area contributed by atoms with Crippen LogP contribution >= 0.6 is 0 Å². The number of aliphatic hydroxyl groups is 11. The minimum absolute atomic E-state index is 0.709. The molecule has 0 aromatic heterocycles. The summed E-state index contributed by atoms with van der Waals surface area (Å²) in [7, 11) is 0. The highest BCUT2D eigenvalue weighted by Gasteiger charge is 2.59. The Hall–Kier alpha value is -0.640. The van der Waals surface area contributed by atoms with Crippen LogP contribution in [0.4, 0.5) is 0 Å². The standard InChI is InChI=1S/C18H32O16/c19-1-6-10(24)14(28)17(4-21,32-6)30-3-8-9(23)12(26)13(27)16(31-8)34-18(5-22)15(29)11(25)7(2-20)33-18/h6-16,19-29H,1-5H2/t6-,7-,8+,9+,10-,11-,12-,13+,14+,15+,16-,17+,18-/m1/s1. The number of hydrogen-bond acceptors (Lipinski definition) is 16. The van der Waals surface area contributed by atoms with E-state index in [1.54, 1.807) is 0 Å². The van der Waals surface area contributed by atoms with E-state index >= 15 is 0 Å². The summed E-state index contributed by atoms with van der Waals surface area (Å²) >= 11 is 0. The maximum absolute atomic E-state index is 10.3. The Morgan fingerprint density at radius 2 is 1.09 bits per heavy atom. The van der Waals surface area contributed by atoms with Gasteiger partial charge < -0.3 is 79.9 Å². The normalized spacial score (nSPS) is 51.8. The number of hydrogen-bond donors (Lipinski definition) is 11. The largest absolute Gasteiger partial charge is 0.394 e. The lowest BCUT2D eigenvalue weighted by Gasteiger charge is -2.44. The molecule has 0 amide bonds. The maximum Gasteiger partial charge on any atom is 0.224 e. The van der Waals surface area contributed by atoms with Gasteiger partial charge in [-0.1, -0.05) is 0 Å². The van der Waals surface area contributed by atoms with Crippen LogP contribution in [0.25, 0.3) is 0 Å². The van der Waals surface area contributed by atoms with Crippen molar-refractivity contribution in [3.05, 3.63) is 0 Å². The predicted octanol–water partition coefficient (Wildman–Crippen LogP) is -7.57. The molecule has 11 N–H and O–H groups in total. The molecule has 0 bridgehead atoms. The zero-order chi connectivity index (χ0) is 25.4. The van der Waals surface area contributed by atoms with Crippen LogP contribution in [-0.4, -0.2) is 168 Å². The molecule has 0 radical (unpaired) electrons. The van der Waals surface area contributed by atoms with Crippen molar-refractivity contribution in [3.63, 3.8) is 0 Å². The third kappa shape index (κ3) is 4.71. The van der Waals surface area contributed by atoms with Gasteiger partial charge in [-0.15, -0.1) is 0 Å². The molecule has 3 saturated heterocycles. The molecule has 0 aromatic carbocycles. The van der Waals surface area contributed by atoms with Crippen LogP contribution in [0.3, 0.4) is 0 Å². The van der Waals surface area contributed by atoms with Gasteiger partial charge in [0.1, 0.15) is 74.3 Å². The molecule has 13 atom stereocenters. The van der Waals surface area contributed by atoms with Crippen molar-refractivity contribution in [3.8, 4) is 0 Å². The van der Waals surface area contributed by atoms with E-state index in [2.05, 4.69) is 0 Å². The lowest BCUT2D eigenvalue weighted by atomic mass is 9.98. The second-order valence-corrected chi connectivity index (χ2v) is 8.43. The van der Waals surface area contributed by atoms with Crippen molar-refractivity contribution in [2.24, 2.45) is 0 Å². The first-order valence-electron chi connectivity index (χ1n) is 10.5. The van der Waals surface area contributed by atoms with Gasteiger partial charge in [0, 0.05) is 0 Å². The van der Waals surface area contributed by atoms with Crippen molar-refractivity contribution in [2.45, 2.75) is 78.9 Å². The maximum atomic E-state index is 10.3. The quantitative estimate of drug-likeness (QED) is 0.139. The second kappa shape index (κ2) is 10.8. The Balaban J connectivity index is 1.74. The summed E-state index contributed by atoms with van der Waals surface area (Å²) < 4.78 is 26.6. The minimum Gasteiger partial charge on any atom is -0.394 e. The molecule has 3 fully saturated rings. The Morgan fingerprint density at radius 1 is 0.588 bits per heavy atom. The van der Waals surface area contributed by atoms with E-state index in [0.717, 1.165) is 0 Å². The van der Waals surface area contributed by atoms with E-state index in [0.29, 0.717) is 0 Å². The number of aliphatic hydroxyl groups excluding tert-OH is 11. The van der Waals surface area contributed by atoms with Gasteiger partial charge in [0.05, 0.1) is 19.8 Å². The highest BCUT2D eigenvalue weighted by molar-refractivity contribution is 4.99. The lowest BCUT2D eigenvalue weighted by molar-refractivity contribution is -0.389. The average Bonchev–Trinajstić information content (AvgIpc) is 3.24. The summed E-state index contributed by atoms with van der Waals surface area (Å²) in [5.74, 6) is -4.59. The van der Waals surface area contributed by atoms with E-state index in [1.165, 1.54) is 0 Å². The highest BCUT2D eigenvalue weighted by atomic mass is 16.8. The van der Waals surface area contributed by atoms with Crippen molar-refractivity contribution in [1.29, 1.82) is 0 Å². The van der Waals surface area contributed by atoms with Crippen molar-refractivity contribution in [2.75, 3.05) is 33.0 Å². The Kier molecular flexibility index (Phi) is 8.85. The summed E-state index contributed by atoms with van der Waals surface area (Å²) in [4.78, 5) is 0. The monoisotopic (exact) mass is 504 g/mol. The van der Waals surface area contributed by atoms with Crippen molar-refractivity contribution >= 4 is 0 Å². The first-order valence-corrected chi connectivity index (χ1v) is 10.5. The van der Waals surface area contributed by atoms with Gasteiger partial charge in [0.15, 0.2) is 6.29 Å². The molecule has 0 aromatic rings. The first kappa shape index (κ1) is 27.9. The fourth-order valence-electron chi connectivity index (χ4n) is 4.14. The predicted molar refractivity (Wildman–Crippen MR) is 101 cm³/mol. The molecule has 16 heteroatoms. The van der Waals surface area contributed by atoms with Crippen LogP contribution in [0, 0.1) is 0 Å². The van der Waals surface area contributed by atoms with Crippen LogP contribution < -0.4 is 0 Å². The Morgan fingerprint density at radius 3 is 1.56 bits per heavy atom. The van der Waals surface area contributed by atoms with Crippen LogP contribution in [0.2, 0.25) is 0 Å². The van der Waals surface area contributed by atoms with Gasteiger partial charge in [-0.05, 0) is 0 Å². The molecule has 34 heavy (non-hydrogen) atoms. The van der Waals surface area contributed by atoms with E-state index in [-0.39, 0.29) is 0 Å². The van der Waals surface area contributed by atoms with Crippen LogP contribution in [0.5, 0.6) is 0 Å². The molecule has 3 heterocycles. The fourth-order valence-corrected chi connectivity index (χ4v) is 4.14. The van der Waals surface area contributed by atoms with Crippen LogP contribution in [-0.2, 0) is 23.7 Å². The Labute approximate surface area is 192 Å². The lowest BCUT2D eigenvalue weighted by Crippen LogP contribution is -2.63. The Bertz CT molecular complexity index is 668. The zero-order valence-corrected chi connectivity index (χ0v) is 17.8. The third-order valence-electron chi connectivity index (χ3n) is 6.29. The molecule has 16 nitrogen and oxygen atoms in total. The summed E-state index contributed by atoms with van der Waals surface area (Å²) in [6.45, 7) is -4.23. The molecule has 0 unspecified atom stereocenters. The summed E-state index contributed by atoms with van der Waals surface area (Å²) in [5, 5.41) is 109. The molecule has 3 aliphatic heterocycles. The van der Waals surface area contributed by atoms with Crippen LogP contribution in [0.15, 0.2) is 0 Å². The molecule has 200 valence electrons. The van der Waals surface area contributed by atoms with Gasteiger partial charge in [0.2, 0.25) is 11.6 Å². The average molecular weight is 504 g/mol. The molecule has 3 rings (SSSR count). The number of rotatable bonds is 9. The summed E-state index contributed by atoms with van der Waals surface area (Å²) in [5.41, 5.74) is 0. The van der Waals surface area contributed by atoms with E-state index in [1.807, 2.05) is 0 Å². The SMILES string of the molecule is OC[C@H]1O[C@](CO)(OC[C@@H]2O[C@H](O[C@@]3(CO)O[C@H](CO)[C@@H](O)[C@@H]3O)[C@@H](O)[C@H](O)[C@H]2O)[C@@H](O)[C@@H]1O. The molecular weight excluding hydrogens is 472 g/mol. The minimum atomic E-state index is -2.37. The van der Waals surface area contributed by atoms with Gasteiger partial charge in [-0.2, -0.15) is 0 Å². The van der Waals surface area contributed by atoms with Gasteiger partial charge >= 0.3 is 0 Å². The number of ether oxygens (including phenoxy) is 5. The van der Waals surface area contributed by atoms with Crippen molar-refractivity contribution < 1.29 is 79.9 Å². The van der Waals surface area contributed by atoms with E-state index in [4.69, 9.17) is 23.7 Å². The third-order valence-corrected chi connectivity index (χ3v) is 6.29. The topological polar surface area (TPSA) is 269 Å². The zero-order valence-electron chi connectivity index (χ0n) is 17.8. The second-order valence-electron chi connectivity index (χ2n) is 8.43. The van der Waals surface area contributed by atoms with Gasteiger partial charge in [0.25, 0.3) is 0 Å². The first-order chi connectivity index (χ1) is 16.0. The van der Waals surface area contributed by atoms with E-state index in [9.17, 15) is 56.2 Å². The summed E-state index contributed by atoms with van der Waals surface area (Å²) in [6, 6.07) is 0. The highest BCUT2D eigenvalue weighted by Crippen LogP contribution is 2.37. The smallest absolute Gasteiger partial charge is 0.224 e. The molecule has 0 aliphatic carbocycles. The van der Waals surface area contributed by atoms with E-state index < -0.39 is 112 Å². The van der Waals surface area contributed by atoms with Crippen molar-refractivity contribution in [1.82, 2.24) is 0 Å². The molecule has 3 aliphatic rings. The molecule has 0 saturated carbocycles. The fraction of sp³-hybridized carbons (Fsp3) is 1.00. The van der Waals surface area contributed by atoms with Gasteiger partial charge in [-0.3, -0.25) is 0 Å².